The second kappa shape index (κ2) is 12.0. The van der Waals surface area contributed by atoms with E-state index in [1.54, 1.807) is 20.1 Å². The molecule has 1 aromatic heterocycles. The van der Waals surface area contributed by atoms with Gasteiger partial charge in [0.15, 0.2) is 0 Å². The lowest BCUT2D eigenvalue weighted by molar-refractivity contribution is 0.0481. The van der Waals surface area contributed by atoms with Crippen LogP contribution in [0.2, 0.25) is 0 Å². The zero-order valence-electron chi connectivity index (χ0n) is 20.6. The number of hydrogen-bond acceptors (Lipinski definition) is 8. The number of carbonyl (C=O) groups excluding carboxylic acids is 2. The van der Waals surface area contributed by atoms with E-state index in [-0.39, 0.29) is 29.3 Å². The minimum Gasteiger partial charge on any atom is -0.462 e. The van der Waals surface area contributed by atoms with E-state index in [9.17, 15) is 9.59 Å². The van der Waals surface area contributed by atoms with Gasteiger partial charge >= 0.3 is 11.9 Å². The van der Waals surface area contributed by atoms with Crippen molar-refractivity contribution in [2.24, 2.45) is 4.99 Å². The predicted octanol–water partition coefficient (Wildman–Crippen LogP) is 6.90. The third-order valence-corrected chi connectivity index (χ3v) is 6.31. The summed E-state index contributed by atoms with van der Waals surface area (Å²) in [6, 6.07) is 28.1. The lowest BCUT2D eigenvalue weighted by Gasteiger charge is -2.25. The van der Waals surface area contributed by atoms with E-state index in [0.29, 0.717) is 5.00 Å². The minimum atomic E-state index is -0.674. The van der Waals surface area contributed by atoms with E-state index >= 15 is 0 Å². The third kappa shape index (κ3) is 5.87. The molecule has 0 saturated heterocycles. The van der Waals surface area contributed by atoms with Crippen LogP contribution in [0.5, 0.6) is 0 Å². The highest BCUT2D eigenvalue weighted by atomic mass is 32.1. The molecule has 0 fully saturated rings. The summed E-state index contributed by atoms with van der Waals surface area (Å²) in [5.41, 5.74) is 9.95. The van der Waals surface area contributed by atoms with Crippen LogP contribution in [0.3, 0.4) is 0 Å². The van der Waals surface area contributed by atoms with Crippen LogP contribution in [0.4, 0.5) is 27.1 Å². The van der Waals surface area contributed by atoms with E-state index in [1.165, 1.54) is 0 Å². The van der Waals surface area contributed by atoms with Gasteiger partial charge in [-0.15, -0.1) is 0 Å². The molecule has 0 bridgehead atoms. The molecule has 188 valence electrons. The number of rotatable bonds is 9. The number of nitrogens with two attached hydrogens (primary N) is 1. The summed E-state index contributed by atoms with van der Waals surface area (Å²) in [7, 11) is 0. The number of benzene rings is 3. The largest absolute Gasteiger partial charge is 0.462 e. The molecule has 0 aliphatic carbocycles. The van der Waals surface area contributed by atoms with Crippen LogP contribution in [0.1, 0.15) is 40.1 Å². The van der Waals surface area contributed by atoms with E-state index in [1.807, 2.05) is 60.7 Å². The maximum atomic E-state index is 12.7. The molecule has 0 spiro atoms. The maximum absolute atomic E-state index is 12.7. The fourth-order valence-electron chi connectivity index (χ4n) is 3.77. The number of para-hydroxylation sites is 2. The van der Waals surface area contributed by atoms with Crippen molar-refractivity contribution in [2.75, 3.05) is 23.8 Å². The van der Waals surface area contributed by atoms with Gasteiger partial charge in [-0.2, -0.15) is 0 Å². The lowest BCUT2D eigenvalue weighted by Crippen LogP contribution is -2.13. The van der Waals surface area contributed by atoms with Crippen LogP contribution in [0, 0.1) is 0 Å². The van der Waals surface area contributed by atoms with E-state index in [4.69, 9.17) is 15.2 Å². The minimum absolute atomic E-state index is 0.00541. The van der Waals surface area contributed by atoms with Crippen molar-refractivity contribution in [3.63, 3.8) is 0 Å². The van der Waals surface area contributed by atoms with Crippen LogP contribution in [-0.2, 0) is 9.47 Å². The summed E-state index contributed by atoms with van der Waals surface area (Å²) in [4.78, 5) is 31.8. The highest BCUT2D eigenvalue weighted by Crippen LogP contribution is 2.39. The van der Waals surface area contributed by atoms with Gasteiger partial charge in [-0.1, -0.05) is 59.9 Å². The Morgan fingerprint density at radius 2 is 1.27 bits per heavy atom. The third-order valence-electron chi connectivity index (χ3n) is 5.39. The summed E-state index contributed by atoms with van der Waals surface area (Å²) < 4.78 is 10.2. The fraction of sp³-hybridized carbons (Fsp3) is 0.138. The van der Waals surface area contributed by atoms with Crippen molar-refractivity contribution < 1.29 is 19.1 Å². The average Bonchev–Trinajstić information content (AvgIpc) is 3.26. The first kappa shape index (κ1) is 25.7. The van der Waals surface area contributed by atoms with Gasteiger partial charge in [0.2, 0.25) is 0 Å². The fourth-order valence-corrected chi connectivity index (χ4v) is 4.66. The number of hydrogen-bond donors (Lipinski definition) is 1. The molecule has 0 saturated carbocycles. The van der Waals surface area contributed by atoms with Crippen LogP contribution >= 0.6 is 11.3 Å². The number of thiophene rings is 1. The molecule has 4 rings (SSSR count). The summed E-state index contributed by atoms with van der Waals surface area (Å²) >= 11 is 1.04. The Kier molecular flexibility index (Phi) is 8.33. The predicted molar refractivity (Wildman–Crippen MR) is 149 cm³/mol. The maximum Gasteiger partial charge on any atom is 0.342 e. The topological polar surface area (TPSA) is 94.2 Å². The van der Waals surface area contributed by atoms with Gasteiger partial charge < -0.3 is 20.1 Å². The zero-order valence-corrected chi connectivity index (χ0v) is 21.4. The smallest absolute Gasteiger partial charge is 0.342 e. The standard InChI is InChI=1S/C29H27N3O4S/c1-3-35-28(33)24-25(29(34)36-4-2)27(37-26(24)30)31-19-20-15-17-23(18-16-20)32(21-11-7-5-8-12-21)22-13-9-6-10-14-22/h5-19H,3-4,30H2,1-2H3/b31-19+. The molecule has 0 atom stereocenters. The van der Waals surface area contributed by atoms with Crippen molar-refractivity contribution in [2.45, 2.75) is 13.8 Å². The first-order valence-corrected chi connectivity index (χ1v) is 12.7. The Labute approximate surface area is 219 Å². The lowest BCUT2D eigenvalue weighted by atomic mass is 10.1. The van der Waals surface area contributed by atoms with E-state index in [2.05, 4.69) is 34.2 Å². The second-order valence-corrected chi connectivity index (χ2v) is 8.85. The Hall–Kier alpha value is -4.43. The van der Waals surface area contributed by atoms with Gasteiger partial charge in [-0.05, 0) is 55.8 Å². The number of anilines is 4. The van der Waals surface area contributed by atoms with E-state index in [0.717, 1.165) is 34.0 Å². The molecule has 0 aliphatic rings. The summed E-state index contributed by atoms with van der Waals surface area (Å²) in [5.74, 6) is -1.34. The van der Waals surface area contributed by atoms with Crippen molar-refractivity contribution in [1.82, 2.24) is 0 Å². The monoisotopic (exact) mass is 513 g/mol. The Morgan fingerprint density at radius 1 is 0.784 bits per heavy atom. The molecular weight excluding hydrogens is 486 g/mol. The number of carbonyl (C=O) groups is 2. The highest BCUT2D eigenvalue weighted by molar-refractivity contribution is 7.20. The molecule has 0 aliphatic heterocycles. The van der Waals surface area contributed by atoms with Gasteiger partial charge in [-0.3, -0.25) is 0 Å². The molecule has 0 unspecified atom stereocenters. The SMILES string of the molecule is CCOC(=O)c1c(N)sc(/N=C/c2ccc(N(c3ccccc3)c3ccccc3)cc2)c1C(=O)OCC. The normalized spacial score (nSPS) is 10.9. The number of ether oxygens (including phenoxy) is 2. The molecule has 2 N–H and O–H groups in total. The number of esters is 2. The quantitative estimate of drug-likeness (QED) is 0.193. The summed E-state index contributed by atoms with van der Waals surface area (Å²) in [5, 5.41) is 0.448. The first-order valence-electron chi connectivity index (χ1n) is 11.8. The van der Waals surface area contributed by atoms with Gasteiger partial charge in [0.25, 0.3) is 0 Å². The van der Waals surface area contributed by atoms with E-state index < -0.39 is 11.9 Å². The first-order chi connectivity index (χ1) is 18.0. The van der Waals surface area contributed by atoms with Crippen LogP contribution < -0.4 is 10.6 Å². The van der Waals surface area contributed by atoms with Crippen molar-refractivity contribution >= 4 is 56.6 Å². The molecule has 8 heteroatoms. The summed E-state index contributed by atoms with van der Waals surface area (Å²) in [6.45, 7) is 3.69. The molecular formula is C29H27N3O4S. The van der Waals surface area contributed by atoms with Gasteiger partial charge in [-0.25, -0.2) is 14.6 Å². The molecule has 1 heterocycles. The highest BCUT2D eigenvalue weighted by Gasteiger charge is 2.29. The Balaban J connectivity index is 1.66. The Bertz CT molecular complexity index is 1340. The van der Waals surface area contributed by atoms with Crippen molar-refractivity contribution in [3.8, 4) is 0 Å². The van der Waals surface area contributed by atoms with Gasteiger partial charge in [0.1, 0.15) is 21.1 Å². The molecule has 0 radical (unpaired) electrons. The number of nitrogens with zero attached hydrogens (tertiary/aromatic N) is 2. The molecule has 3 aromatic carbocycles. The van der Waals surface area contributed by atoms with Gasteiger partial charge in [0, 0.05) is 23.3 Å². The molecule has 4 aromatic rings. The second-order valence-electron chi connectivity index (χ2n) is 7.82. The van der Waals surface area contributed by atoms with Gasteiger partial charge in [0.05, 0.1) is 13.2 Å². The van der Waals surface area contributed by atoms with Crippen molar-refractivity contribution in [3.05, 3.63) is 102 Å². The number of aliphatic imine (C=N–C) groups is 1. The molecule has 0 amide bonds. The zero-order chi connectivity index (χ0) is 26.2. The van der Waals surface area contributed by atoms with Crippen molar-refractivity contribution in [1.29, 1.82) is 0 Å². The molecule has 7 nitrogen and oxygen atoms in total. The average molecular weight is 514 g/mol. The Morgan fingerprint density at radius 3 is 1.78 bits per heavy atom. The molecule has 37 heavy (non-hydrogen) atoms. The van der Waals surface area contributed by atoms with Crippen LogP contribution in [-0.4, -0.2) is 31.4 Å². The summed E-state index contributed by atoms with van der Waals surface area (Å²) in [6.07, 6.45) is 1.63. The van der Waals surface area contributed by atoms with Crippen LogP contribution in [0.25, 0.3) is 0 Å². The van der Waals surface area contributed by atoms with Crippen LogP contribution in [0.15, 0.2) is 89.9 Å². The number of nitrogen functional groups attached to an aromatic ring is 1.